The monoisotopic (exact) mass is 476 g/mol. The number of hydrogen-bond donors (Lipinski definition) is 1. The minimum Gasteiger partial charge on any atom is -0.334 e. The Morgan fingerprint density at radius 3 is 2.21 bits per heavy atom. The number of hydrogen-bond acceptors (Lipinski definition) is 4. The quantitative estimate of drug-likeness (QED) is 0.353. The molecule has 0 saturated carbocycles. The van der Waals surface area contributed by atoms with Crippen LogP contribution in [-0.4, -0.2) is 16.2 Å². The van der Waals surface area contributed by atoms with Crippen LogP contribution in [0.15, 0.2) is 89.1 Å². The zero-order chi connectivity index (χ0) is 22.9. The summed E-state index contributed by atoms with van der Waals surface area (Å²) in [6, 6.07) is 23.2. The molecule has 4 aromatic rings. The SMILES string of the molecule is CC1=C(c2nc(-c3ccc(Cl)cc3)no2)C(c2ccc(Cl)cc2)NC(=O)N1c1ccccc1. The molecule has 1 unspecified atom stereocenters. The van der Waals surface area contributed by atoms with Gasteiger partial charge in [-0.2, -0.15) is 4.98 Å². The van der Waals surface area contributed by atoms with Crippen molar-refractivity contribution in [3.05, 3.63) is 106 Å². The fourth-order valence-corrected chi connectivity index (χ4v) is 4.11. The maximum absolute atomic E-state index is 13.2. The van der Waals surface area contributed by atoms with E-state index in [2.05, 4.69) is 15.5 Å². The lowest BCUT2D eigenvalue weighted by atomic mass is 9.94. The predicted octanol–water partition coefficient (Wildman–Crippen LogP) is 6.75. The lowest BCUT2D eigenvalue weighted by molar-refractivity contribution is 0.244. The van der Waals surface area contributed by atoms with Gasteiger partial charge in [-0.05, 0) is 61.0 Å². The number of urea groups is 1. The molecule has 5 rings (SSSR count). The number of allylic oxidation sites excluding steroid dienone is 1. The van der Waals surface area contributed by atoms with Gasteiger partial charge in [0, 0.05) is 21.3 Å². The number of benzene rings is 3. The van der Waals surface area contributed by atoms with Crippen molar-refractivity contribution in [1.29, 1.82) is 0 Å². The maximum Gasteiger partial charge on any atom is 0.326 e. The number of carbonyl (C=O) groups is 1. The summed E-state index contributed by atoms with van der Waals surface area (Å²) < 4.78 is 5.70. The number of amides is 2. The molecule has 0 fully saturated rings. The Hall–Kier alpha value is -3.61. The van der Waals surface area contributed by atoms with Crippen molar-refractivity contribution in [3.8, 4) is 11.4 Å². The van der Waals surface area contributed by atoms with E-state index >= 15 is 0 Å². The van der Waals surface area contributed by atoms with Crippen LogP contribution in [0.3, 0.4) is 0 Å². The van der Waals surface area contributed by atoms with Gasteiger partial charge in [0.05, 0.1) is 17.3 Å². The van der Waals surface area contributed by atoms with Crippen LogP contribution in [0.4, 0.5) is 10.5 Å². The van der Waals surface area contributed by atoms with Gasteiger partial charge in [0.25, 0.3) is 5.89 Å². The first-order valence-corrected chi connectivity index (χ1v) is 11.0. The molecule has 164 valence electrons. The van der Waals surface area contributed by atoms with Crippen molar-refractivity contribution in [1.82, 2.24) is 15.5 Å². The van der Waals surface area contributed by atoms with E-state index in [4.69, 9.17) is 27.7 Å². The predicted molar refractivity (Wildman–Crippen MR) is 129 cm³/mol. The van der Waals surface area contributed by atoms with Gasteiger partial charge in [-0.1, -0.05) is 58.7 Å². The van der Waals surface area contributed by atoms with Crippen molar-refractivity contribution in [2.45, 2.75) is 13.0 Å². The number of nitrogens with zero attached hydrogens (tertiary/aromatic N) is 3. The van der Waals surface area contributed by atoms with Crippen molar-refractivity contribution in [2.75, 3.05) is 4.90 Å². The van der Waals surface area contributed by atoms with Crippen LogP contribution in [0.5, 0.6) is 0 Å². The highest BCUT2D eigenvalue weighted by Crippen LogP contribution is 2.39. The number of para-hydroxylation sites is 1. The van der Waals surface area contributed by atoms with Crippen LogP contribution in [0.2, 0.25) is 10.0 Å². The van der Waals surface area contributed by atoms with E-state index in [0.29, 0.717) is 33.0 Å². The third-order valence-electron chi connectivity index (χ3n) is 5.46. The van der Waals surface area contributed by atoms with E-state index in [0.717, 1.165) is 16.8 Å². The molecule has 0 aliphatic carbocycles. The van der Waals surface area contributed by atoms with Crippen LogP contribution >= 0.6 is 23.2 Å². The zero-order valence-corrected chi connectivity index (χ0v) is 19.0. The van der Waals surface area contributed by atoms with Crippen molar-refractivity contribution in [3.63, 3.8) is 0 Å². The highest BCUT2D eigenvalue weighted by molar-refractivity contribution is 6.30. The Morgan fingerprint density at radius 1 is 0.909 bits per heavy atom. The minimum absolute atomic E-state index is 0.250. The van der Waals surface area contributed by atoms with Crippen LogP contribution in [0.25, 0.3) is 17.0 Å². The molecular weight excluding hydrogens is 459 g/mol. The number of carbonyl (C=O) groups excluding carboxylic acids is 1. The van der Waals surface area contributed by atoms with Gasteiger partial charge in [-0.25, -0.2) is 4.79 Å². The number of halogens is 2. The number of anilines is 1. The lowest BCUT2D eigenvalue weighted by Gasteiger charge is -2.35. The first kappa shape index (κ1) is 21.2. The molecule has 2 amide bonds. The van der Waals surface area contributed by atoms with Gasteiger partial charge in [0.1, 0.15) is 0 Å². The van der Waals surface area contributed by atoms with Gasteiger partial charge in [-0.15, -0.1) is 0 Å². The average molecular weight is 477 g/mol. The highest BCUT2D eigenvalue weighted by Gasteiger charge is 2.36. The smallest absolute Gasteiger partial charge is 0.326 e. The van der Waals surface area contributed by atoms with Gasteiger partial charge < -0.3 is 9.84 Å². The second-order valence-electron chi connectivity index (χ2n) is 7.53. The third-order valence-corrected chi connectivity index (χ3v) is 5.97. The summed E-state index contributed by atoms with van der Waals surface area (Å²) in [4.78, 5) is 19.4. The molecular formula is C25H18Cl2N4O2. The maximum atomic E-state index is 13.2. The number of nitrogens with one attached hydrogen (secondary N) is 1. The third kappa shape index (κ3) is 4.11. The summed E-state index contributed by atoms with van der Waals surface area (Å²) in [5.41, 5.74) is 3.75. The molecule has 3 aromatic carbocycles. The van der Waals surface area contributed by atoms with E-state index in [9.17, 15) is 4.79 Å². The van der Waals surface area contributed by atoms with E-state index in [1.807, 2.05) is 61.5 Å². The summed E-state index contributed by atoms with van der Waals surface area (Å²) >= 11 is 12.1. The zero-order valence-electron chi connectivity index (χ0n) is 17.5. The van der Waals surface area contributed by atoms with Gasteiger partial charge in [0.15, 0.2) is 0 Å². The van der Waals surface area contributed by atoms with Crippen molar-refractivity contribution < 1.29 is 9.32 Å². The lowest BCUT2D eigenvalue weighted by Crippen LogP contribution is -2.46. The van der Waals surface area contributed by atoms with E-state index < -0.39 is 6.04 Å². The Balaban J connectivity index is 1.64. The van der Waals surface area contributed by atoms with Crippen LogP contribution in [0.1, 0.15) is 24.4 Å². The molecule has 0 radical (unpaired) electrons. The standard InChI is InChI=1S/C25H18Cl2N4O2/c1-15-21(24-29-23(30-33-24)17-9-13-19(27)14-10-17)22(16-7-11-18(26)12-8-16)28-25(32)31(15)20-5-3-2-4-6-20/h2-14,22H,1H3,(H,28,32). The van der Waals surface area contributed by atoms with Crippen LogP contribution in [0, 0.1) is 0 Å². The fraction of sp³-hybridized carbons (Fsp3) is 0.0800. The molecule has 0 spiro atoms. The second kappa shape index (κ2) is 8.73. The van der Waals surface area contributed by atoms with E-state index in [1.165, 1.54) is 0 Å². The molecule has 1 N–H and O–H groups in total. The summed E-state index contributed by atoms with van der Waals surface area (Å²) in [5.74, 6) is 0.748. The fourth-order valence-electron chi connectivity index (χ4n) is 3.86. The van der Waals surface area contributed by atoms with Gasteiger partial charge in [0.2, 0.25) is 5.82 Å². The number of rotatable bonds is 4. The van der Waals surface area contributed by atoms with Crippen LogP contribution in [-0.2, 0) is 0 Å². The number of aromatic nitrogens is 2. The van der Waals surface area contributed by atoms with Crippen molar-refractivity contribution >= 4 is 40.5 Å². The highest BCUT2D eigenvalue weighted by atomic mass is 35.5. The molecule has 1 aromatic heterocycles. The Labute approximate surface area is 200 Å². The van der Waals surface area contributed by atoms with Crippen molar-refractivity contribution in [2.24, 2.45) is 0 Å². The molecule has 1 atom stereocenters. The molecule has 8 heteroatoms. The topological polar surface area (TPSA) is 71.3 Å². The van der Waals surface area contributed by atoms with Gasteiger partial charge >= 0.3 is 6.03 Å². The first-order chi connectivity index (χ1) is 16.0. The normalized spacial score (nSPS) is 16.2. The summed E-state index contributed by atoms with van der Waals surface area (Å²) in [5, 5.41) is 8.48. The summed E-state index contributed by atoms with van der Waals surface area (Å²) in [7, 11) is 0. The summed E-state index contributed by atoms with van der Waals surface area (Å²) in [6.45, 7) is 1.87. The minimum atomic E-state index is -0.492. The Bertz CT molecular complexity index is 1330. The van der Waals surface area contributed by atoms with E-state index in [-0.39, 0.29) is 6.03 Å². The molecule has 0 bridgehead atoms. The molecule has 2 heterocycles. The van der Waals surface area contributed by atoms with Crippen LogP contribution < -0.4 is 10.2 Å². The van der Waals surface area contributed by atoms with Gasteiger partial charge in [-0.3, -0.25) is 4.90 Å². The molecule has 33 heavy (non-hydrogen) atoms. The Morgan fingerprint density at radius 2 is 1.55 bits per heavy atom. The average Bonchev–Trinajstić information content (AvgIpc) is 3.30. The molecule has 0 saturated heterocycles. The summed E-state index contributed by atoms with van der Waals surface area (Å²) in [6.07, 6.45) is 0. The molecule has 1 aliphatic heterocycles. The largest absolute Gasteiger partial charge is 0.334 e. The Kier molecular flexibility index (Phi) is 5.62. The second-order valence-corrected chi connectivity index (χ2v) is 8.41. The molecule has 1 aliphatic rings. The first-order valence-electron chi connectivity index (χ1n) is 10.2. The molecule has 6 nitrogen and oxygen atoms in total. The van der Waals surface area contributed by atoms with E-state index in [1.54, 1.807) is 29.2 Å².